The standard InChI is InChI=1S/C30H40N8O3/c1-5-26(39)37-20(4)8-6-11-25(37)28(40)33-23-10-7-9-21(16-23)17-31-30-36-29(34-22-12-14-41-15-13-22)35-27-24(19(2)3)18-32-38(27)30/h5,7,9-10,16,18-20,22,25H,1,6,8,11-15,17H2,2-4H3,(H,33,40)(H2,31,34,35,36). The van der Waals surface area contributed by atoms with Crippen LogP contribution in [0.3, 0.4) is 0 Å². The van der Waals surface area contributed by atoms with Gasteiger partial charge in [-0.25, -0.2) is 0 Å². The van der Waals surface area contributed by atoms with Gasteiger partial charge in [-0.15, -0.1) is 0 Å². The van der Waals surface area contributed by atoms with E-state index >= 15 is 0 Å². The Morgan fingerprint density at radius 1 is 1.17 bits per heavy atom. The van der Waals surface area contributed by atoms with Gasteiger partial charge in [0.15, 0.2) is 5.65 Å². The van der Waals surface area contributed by atoms with Crippen molar-refractivity contribution >= 4 is 35.0 Å². The van der Waals surface area contributed by atoms with Gasteiger partial charge in [-0.1, -0.05) is 32.6 Å². The van der Waals surface area contributed by atoms with Crippen LogP contribution in [-0.4, -0.2) is 67.6 Å². The molecule has 3 aromatic rings. The maximum absolute atomic E-state index is 13.2. The van der Waals surface area contributed by atoms with Crippen LogP contribution in [0.2, 0.25) is 0 Å². The molecule has 0 aliphatic carbocycles. The third-order valence-corrected chi connectivity index (χ3v) is 7.86. The van der Waals surface area contributed by atoms with E-state index in [4.69, 9.17) is 14.7 Å². The molecule has 3 N–H and O–H groups in total. The van der Waals surface area contributed by atoms with Crippen LogP contribution in [0, 0.1) is 0 Å². The number of carbonyl (C=O) groups is 2. The fourth-order valence-corrected chi connectivity index (χ4v) is 5.60. The summed E-state index contributed by atoms with van der Waals surface area (Å²) in [4.78, 5) is 36.9. The molecule has 2 fully saturated rings. The summed E-state index contributed by atoms with van der Waals surface area (Å²) in [5.41, 5.74) is 3.46. The Kier molecular flexibility index (Phi) is 8.82. The number of carbonyl (C=O) groups excluding carboxylic acids is 2. The number of rotatable bonds is 9. The van der Waals surface area contributed by atoms with Gasteiger partial charge in [0.2, 0.25) is 23.7 Å². The molecule has 0 spiro atoms. The smallest absolute Gasteiger partial charge is 0.247 e. The molecule has 2 unspecified atom stereocenters. The van der Waals surface area contributed by atoms with E-state index in [0.717, 1.165) is 55.7 Å². The number of aromatic nitrogens is 4. The van der Waals surface area contributed by atoms with E-state index in [0.29, 0.717) is 30.5 Å². The van der Waals surface area contributed by atoms with Crippen LogP contribution in [0.4, 0.5) is 17.6 Å². The Labute approximate surface area is 240 Å². The molecule has 2 saturated heterocycles. The Balaban J connectivity index is 1.32. The first kappa shape index (κ1) is 28.5. The number of ether oxygens (including phenoxy) is 1. The Morgan fingerprint density at radius 2 is 1.98 bits per heavy atom. The van der Waals surface area contributed by atoms with Crippen molar-refractivity contribution in [2.45, 2.75) is 83.5 Å². The number of fused-ring (bicyclic) bond motifs is 1. The number of anilines is 3. The van der Waals surface area contributed by atoms with Gasteiger partial charge in [0, 0.05) is 43.1 Å². The van der Waals surface area contributed by atoms with Crippen LogP contribution in [0.25, 0.3) is 5.65 Å². The van der Waals surface area contributed by atoms with E-state index in [1.165, 1.54) is 6.08 Å². The Morgan fingerprint density at radius 3 is 2.73 bits per heavy atom. The van der Waals surface area contributed by atoms with Crippen molar-refractivity contribution in [3.05, 3.63) is 54.2 Å². The van der Waals surface area contributed by atoms with Gasteiger partial charge in [-0.3, -0.25) is 9.59 Å². The second kappa shape index (κ2) is 12.7. The molecule has 11 heteroatoms. The first-order chi connectivity index (χ1) is 19.8. The minimum atomic E-state index is -0.517. The predicted octanol–water partition coefficient (Wildman–Crippen LogP) is 4.34. The van der Waals surface area contributed by atoms with E-state index in [2.05, 4.69) is 41.5 Å². The quantitative estimate of drug-likeness (QED) is 0.330. The molecule has 0 saturated carbocycles. The number of piperidine rings is 1. The number of benzene rings is 1. The highest BCUT2D eigenvalue weighted by molar-refractivity contribution is 5.99. The Bertz CT molecular complexity index is 1400. The lowest BCUT2D eigenvalue weighted by Crippen LogP contribution is -2.53. The second-order valence-corrected chi connectivity index (χ2v) is 11.2. The molecular weight excluding hydrogens is 520 g/mol. The fraction of sp³-hybridized carbons (Fsp3) is 0.500. The largest absolute Gasteiger partial charge is 0.381 e. The van der Waals surface area contributed by atoms with Crippen LogP contribution in [0.5, 0.6) is 0 Å². The van der Waals surface area contributed by atoms with Gasteiger partial charge < -0.3 is 25.6 Å². The minimum Gasteiger partial charge on any atom is -0.381 e. The molecule has 2 aliphatic rings. The van der Waals surface area contributed by atoms with Gasteiger partial charge in [0.05, 0.1) is 6.20 Å². The highest BCUT2D eigenvalue weighted by atomic mass is 16.5. The summed E-state index contributed by atoms with van der Waals surface area (Å²) >= 11 is 0. The topological polar surface area (TPSA) is 126 Å². The summed E-state index contributed by atoms with van der Waals surface area (Å²) < 4.78 is 7.24. The normalized spacial score (nSPS) is 19.8. The van der Waals surface area contributed by atoms with Crippen LogP contribution in [0.1, 0.15) is 69.9 Å². The van der Waals surface area contributed by atoms with Crippen molar-refractivity contribution in [1.82, 2.24) is 24.5 Å². The van der Waals surface area contributed by atoms with Crippen molar-refractivity contribution in [1.29, 1.82) is 0 Å². The molecule has 11 nitrogen and oxygen atoms in total. The summed E-state index contributed by atoms with van der Waals surface area (Å²) in [6.45, 7) is 11.8. The maximum atomic E-state index is 13.2. The number of nitrogens with zero attached hydrogens (tertiary/aromatic N) is 5. The molecule has 0 radical (unpaired) electrons. The first-order valence-corrected chi connectivity index (χ1v) is 14.5. The van der Waals surface area contributed by atoms with Crippen LogP contribution < -0.4 is 16.0 Å². The van der Waals surface area contributed by atoms with Gasteiger partial charge >= 0.3 is 0 Å². The highest BCUT2D eigenvalue weighted by Crippen LogP contribution is 2.26. The number of amides is 2. The summed E-state index contributed by atoms with van der Waals surface area (Å²) in [5, 5.41) is 14.5. The molecule has 2 aliphatic heterocycles. The van der Waals surface area contributed by atoms with E-state index in [1.54, 1.807) is 9.42 Å². The monoisotopic (exact) mass is 560 g/mol. The first-order valence-electron chi connectivity index (χ1n) is 14.5. The third-order valence-electron chi connectivity index (χ3n) is 7.86. The molecule has 5 rings (SSSR count). The molecule has 1 aromatic carbocycles. The van der Waals surface area contributed by atoms with E-state index in [1.807, 2.05) is 37.4 Å². The van der Waals surface area contributed by atoms with Crippen LogP contribution in [0.15, 0.2) is 43.1 Å². The lowest BCUT2D eigenvalue weighted by Gasteiger charge is -2.39. The molecule has 4 heterocycles. The van der Waals surface area contributed by atoms with E-state index in [-0.39, 0.29) is 29.8 Å². The highest BCUT2D eigenvalue weighted by Gasteiger charge is 2.35. The number of likely N-dealkylation sites (tertiary alicyclic amines) is 1. The van der Waals surface area contributed by atoms with Crippen molar-refractivity contribution in [2.75, 3.05) is 29.2 Å². The predicted molar refractivity (Wildman–Crippen MR) is 159 cm³/mol. The lowest BCUT2D eigenvalue weighted by atomic mass is 9.95. The SMILES string of the molecule is C=CC(=O)N1C(C)CCCC1C(=O)Nc1cccc(CNc2nc(NC3CCOCC3)nc3c(C(C)C)cnn23)c1. The molecule has 218 valence electrons. The summed E-state index contributed by atoms with van der Waals surface area (Å²) in [7, 11) is 0. The number of hydrogen-bond donors (Lipinski definition) is 3. The van der Waals surface area contributed by atoms with E-state index in [9.17, 15) is 9.59 Å². The molecular formula is C30H40N8O3. The van der Waals surface area contributed by atoms with E-state index < -0.39 is 6.04 Å². The molecule has 2 amide bonds. The Hall–Kier alpha value is -3.99. The molecule has 41 heavy (non-hydrogen) atoms. The average molecular weight is 561 g/mol. The van der Waals surface area contributed by atoms with Crippen molar-refractivity contribution < 1.29 is 14.3 Å². The fourth-order valence-electron chi connectivity index (χ4n) is 5.60. The zero-order valence-corrected chi connectivity index (χ0v) is 24.1. The number of nitrogens with one attached hydrogen (secondary N) is 3. The van der Waals surface area contributed by atoms with Crippen molar-refractivity contribution in [3.63, 3.8) is 0 Å². The summed E-state index contributed by atoms with van der Waals surface area (Å²) in [6.07, 6.45) is 7.36. The number of hydrogen-bond acceptors (Lipinski definition) is 8. The minimum absolute atomic E-state index is 0.00503. The van der Waals surface area contributed by atoms with Crippen molar-refractivity contribution in [3.8, 4) is 0 Å². The zero-order chi connectivity index (χ0) is 28.9. The van der Waals surface area contributed by atoms with Gasteiger partial charge in [-0.05, 0) is 68.7 Å². The second-order valence-electron chi connectivity index (χ2n) is 11.2. The summed E-state index contributed by atoms with van der Waals surface area (Å²) in [5.74, 6) is 1.01. The molecule has 2 atom stereocenters. The van der Waals surface area contributed by atoms with Gasteiger partial charge in [-0.2, -0.15) is 19.6 Å². The maximum Gasteiger partial charge on any atom is 0.247 e. The van der Waals surface area contributed by atoms with Crippen LogP contribution >= 0.6 is 0 Å². The van der Waals surface area contributed by atoms with Gasteiger partial charge in [0.25, 0.3) is 0 Å². The average Bonchev–Trinajstić information content (AvgIpc) is 3.41. The van der Waals surface area contributed by atoms with Crippen molar-refractivity contribution in [2.24, 2.45) is 0 Å². The lowest BCUT2D eigenvalue weighted by molar-refractivity contribution is -0.139. The van der Waals surface area contributed by atoms with Gasteiger partial charge in [0.1, 0.15) is 6.04 Å². The van der Waals surface area contributed by atoms with Crippen LogP contribution in [-0.2, 0) is 20.9 Å². The summed E-state index contributed by atoms with van der Waals surface area (Å²) in [6, 6.07) is 7.41. The zero-order valence-electron chi connectivity index (χ0n) is 24.1. The molecule has 0 bridgehead atoms. The molecule has 2 aromatic heterocycles. The third kappa shape index (κ3) is 6.51.